The fourth-order valence-corrected chi connectivity index (χ4v) is 3.83. The summed E-state index contributed by atoms with van der Waals surface area (Å²) in [6, 6.07) is 12.4. The van der Waals surface area contributed by atoms with E-state index in [0.717, 1.165) is 10.1 Å². The molecule has 2 aromatic carbocycles. The minimum absolute atomic E-state index is 0.0609. The summed E-state index contributed by atoms with van der Waals surface area (Å²) in [7, 11) is 1.59. The number of nitrogens with one attached hydrogen (secondary N) is 2. The van der Waals surface area contributed by atoms with Gasteiger partial charge in [-0.05, 0) is 42.5 Å². The zero-order chi connectivity index (χ0) is 18.7. The van der Waals surface area contributed by atoms with Gasteiger partial charge in [-0.1, -0.05) is 18.5 Å². The van der Waals surface area contributed by atoms with E-state index in [0.29, 0.717) is 33.4 Å². The van der Waals surface area contributed by atoms with E-state index < -0.39 is 0 Å². The Morgan fingerprint density at radius 1 is 1.08 bits per heavy atom. The normalized spacial score (nSPS) is 10.6. The van der Waals surface area contributed by atoms with E-state index in [-0.39, 0.29) is 11.8 Å². The van der Waals surface area contributed by atoms with Crippen molar-refractivity contribution in [1.82, 2.24) is 0 Å². The Morgan fingerprint density at radius 3 is 2.35 bits per heavy atom. The minimum Gasteiger partial charge on any atom is -0.497 e. The molecule has 1 aromatic heterocycles. The van der Waals surface area contributed by atoms with Gasteiger partial charge < -0.3 is 15.4 Å². The average molecular weight is 389 g/mol. The third-order valence-corrected chi connectivity index (χ3v) is 5.45. The van der Waals surface area contributed by atoms with Crippen molar-refractivity contribution in [3.8, 4) is 5.75 Å². The molecule has 0 atom stereocenters. The maximum absolute atomic E-state index is 12.6. The van der Waals surface area contributed by atoms with Gasteiger partial charge in [0.05, 0.1) is 12.1 Å². The Morgan fingerprint density at radius 2 is 1.73 bits per heavy atom. The summed E-state index contributed by atoms with van der Waals surface area (Å²) < 4.78 is 6.09. The van der Waals surface area contributed by atoms with E-state index in [4.69, 9.17) is 16.3 Å². The molecule has 1 heterocycles. The highest BCUT2D eigenvalue weighted by Gasteiger charge is 2.17. The molecule has 0 saturated carbocycles. The van der Waals surface area contributed by atoms with Crippen molar-refractivity contribution in [2.45, 2.75) is 13.3 Å². The van der Waals surface area contributed by atoms with Crippen molar-refractivity contribution >= 4 is 56.2 Å². The number of halogens is 1. The quantitative estimate of drug-likeness (QED) is 0.634. The van der Waals surface area contributed by atoms with E-state index in [1.54, 1.807) is 38.3 Å². The van der Waals surface area contributed by atoms with Crippen molar-refractivity contribution in [3.63, 3.8) is 0 Å². The molecule has 0 aliphatic carbocycles. The van der Waals surface area contributed by atoms with Gasteiger partial charge in [0.25, 0.3) is 5.91 Å². The Labute approximate surface area is 159 Å². The van der Waals surface area contributed by atoms with Gasteiger partial charge in [0.1, 0.15) is 10.6 Å². The summed E-state index contributed by atoms with van der Waals surface area (Å²) in [6.07, 6.45) is 0.410. The maximum atomic E-state index is 12.6. The first-order valence-corrected chi connectivity index (χ1v) is 9.18. The number of carbonyl (C=O) groups is 2. The Balaban J connectivity index is 1.78. The van der Waals surface area contributed by atoms with Crippen LogP contribution in [0, 0.1) is 0 Å². The SMILES string of the molecule is CCC(=O)Nc1ccc(NC(=O)c2sc3cc(OC)ccc3c2Cl)cc1. The number of hydrogen-bond donors (Lipinski definition) is 2. The van der Waals surface area contributed by atoms with E-state index in [1.807, 2.05) is 18.2 Å². The zero-order valence-corrected chi connectivity index (χ0v) is 15.8. The Bertz CT molecular complexity index is 967. The van der Waals surface area contributed by atoms with E-state index >= 15 is 0 Å². The van der Waals surface area contributed by atoms with Gasteiger partial charge in [0, 0.05) is 27.9 Å². The largest absolute Gasteiger partial charge is 0.497 e. The van der Waals surface area contributed by atoms with Crippen LogP contribution >= 0.6 is 22.9 Å². The molecule has 26 heavy (non-hydrogen) atoms. The van der Waals surface area contributed by atoms with Crippen LogP contribution in [0.15, 0.2) is 42.5 Å². The molecule has 3 rings (SSSR count). The van der Waals surface area contributed by atoms with Crippen molar-refractivity contribution in [1.29, 1.82) is 0 Å². The number of carbonyl (C=O) groups excluding carboxylic acids is 2. The standard InChI is InChI=1S/C19H17ClN2O3S/c1-3-16(23)21-11-4-6-12(7-5-11)22-19(24)18-17(20)14-9-8-13(25-2)10-15(14)26-18/h4-10H,3H2,1-2H3,(H,21,23)(H,22,24). The smallest absolute Gasteiger partial charge is 0.267 e. The predicted molar refractivity (Wildman–Crippen MR) is 107 cm³/mol. The first-order chi connectivity index (χ1) is 12.5. The van der Waals surface area contributed by atoms with Crippen molar-refractivity contribution in [2.75, 3.05) is 17.7 Å². The second-order valence-electron chi connectivity index (χ2n) is 5.54. The lowest BCUT2D eigenvalue weighted by molar-refractivity contribution is -0.115. The van der Waals surface area contributed by atoms with Gasteiger partial charge in [0.2, 0.25) is 5.91 Å². The van der Waals surface area contributed by atoms with Gasteiger partial charge in [0.15, 0.2) is 0 Å². The van der Waals surface area contributed by atoms with E-state index in [2.05, 4.69) is 10.6 Å². The maximum Gasteiger partial charge on any atom is 0.267 e. The molecule has 5 nitrogen and oxygen atoms in total. The molecular formula is C19H17ClN2O3S. The molecule has 7 heteroatoms. The molecule has 3 aromatic rings. The summed E-state index contributed by atoms with van der Waals surface area (Å²) in [4.78, 5) is 24.4. The minimum atomic E-state index is -0.277. The summed E-state index contributed by atoms with van der Waals surface area (Å²) in [5.41, 5.74) is 1.30. The summed E-state index contributed by atoms with van der Waals surface area (Å²) >= 11 is 7.69. The molecule has 0 spiro atoms. The van der Waals surface area contributed by atoms with E-state index in [1.165, 1.54) is 11.3 Å². The van der Waals surface area contributed by atoms with Crippen LogP contribution in [0.4, 0.5) is 11.4 Å². The highest BCUT2D eigenvalue weighted by Crippen LogP contribution is 2.37. The number of amides is 2. The lowest BCUT2D eigenvalue weighted by atomic mass is 10.2. The molecule has 2 amide bonds. The highest BCUT2D eigenvalue weighted by atomic mass is 35.5. The van der Waals surface area contributed by atoms with E-state index in [9.17, 15) is 9.59 Å². The predicted octanol–water partition coefficient (Wildman–Crippen LogP) is 5.16. The molecule has 0 aliphatic rings. The van der Waals surface area contributed by atoms with Gasteiger partial charge in [-0.2, -0.15) is 0 Å². The number of anilines is 2. The molecule has 0 bridgehead atoms. The van der Waals surface area contributed by atoms with Crippen LogP contribution < -0.4 is 15.4 Å². The van der Waals surface area contributed by atoms with Crippen LogP contribution in [-0.2, 0) is 4.79 Å². The number of hydrogen-bond acceptors (Lipinski definition) is 4. The van der Waals surface area contributed by atoms with Gasteiger partial charge >= 0.3 is 0 Å². The van der Waals surface area contributed by atoms with Crippen LogP contribution in [0.2, 0.25) is 5.02 Å². The van der Waals surface area contributed by atoms with Crippen molar-refractivity contribution in [2.24, 2.45) is 0 Å². The molecule has 0 saturated heterocycles. The van der Waals surface area contributed by atoms with Gasteiger partial charge in [-0.25, -0.2) is 0 Å². The fraction of sp³-hybridized carbons (Fsp3) is 0.158. The lowest BCUT2D eigenvalue weighted by Gasteiger charge is -2.07. The van der Waals surface area contributed by atoms with Crippen molar-refractivity contribution in [3.05, 3.63) is 52.4 Å². The zero-order valence-electron chi connectivity index (χ0n) is 14.3. The second kappa shape index (κ2) is 7.76. The van der Waals surface area contributed by atoms with Gasteiger partial charge in [-0.3, -0.25) is 9.59 Å². The second-order valence-corrected chi connectivity index (χ2v) is 6.97. The van der Waals surface area contributed by atoms with Crippen LogP contribution in [-0.4, -0.2) is 18.9 Å². The number of fused-ring (bicyclic) bond motifs is 1. The van der Waals surface area contributed by atoms with Crippen LogP contribution in [0.1, 0.15) is 23.0 Å². The number of rotatable bonds is 5. The molecule has 0 aliphatic heterocycles. The number of thiophene rings is 1. The monoisotopic (exact) mass is 388 g/mol. The Kier molecular flexibility index (Phi) is 5.44. The molecule has 2 N–H and O–H groups in total. The third kappa shape index (κ3) is 3.81. The lowest BCUT2D eigenvalue weighted by Crippen LogP contribution is -2.11. The van der Waals surface area contributed by atoms with Crippen LogP contribution in [0.5, 0.6) is 5.75 Å². The van der Waals surface area contributed by atoms with Crippen molar-refractivity contribution < 1.29 is 14.3 Å². The highest BCUT2D eigenvalue weighted by molar-refractivity contribution is 7.21. The topological polar surface area (TPSA) is 67.4 Å². The van der Waals surface area contributed by atoms with Crippen LogP contribution in [0.25, 0.3) is 10.1 Å². The summed E-state index contributed by atoms with van der Waals surface area (Å²) in [5.74, 6) is 0.377. The third-order valence-electron chi connectivity index (χ3n) is 3.79. The fourth-order valence-electron chi connectivity index (χ4n) is 2.39. The van der Waals surface area contributed by atoms with Gasteiger partial charge in [-0.15, -0.1) is 11.3 Å². The Hall–Kier alpha value is -2.57. The molecule has 0 radical (unpaired) electrons. The first kappa shape index (κ1) is 18.2. The summed E-state index contributed by atoms with van der Waals surface area (Å²) in [5, 5.41) is 6.83. The molecule has 0 unspecified atom stereocenters. The number of benzene rings is 2. The molecule has 134 valence electrons. The number of methoxy groups -OCH3 is 1. The summed E-state index contributed by atoms with van der Waals surface area (Å²) in [6.45, 7) is 1.79. The van der Waals surface area contributed by atoms with Crippen LogP contribution in [0.3, 0.4) is 0 Å². The molecule has 0 fully saturated rings. The first-order valence-electron chi connectivity index (χ1n) is 7.99. The average Bonchev–Trinajstić information content (AvgIpc) is 2.99. The molecular weight excluding hydrogens is 372 g/mol. The number of ether oxygens (including phenoxy) is 1.